The Morgan fingerprint density at radius 2 is 2.38 bits per heavy atom. The molecule has 1 aliphatic carbocycles. The van der Waals surface area contributed by atoms with E-state index in [0.717, 1.165) is 25.7 Å². The molecule has 0 bridgehead atoms. The Bertz CT molecular complexity index is 172. The number of hydrogen-bond donors (Lipinski definition) is 1. The molecule has 1 fully saturated rings. The lowest BCUT2D eigenvalue weighted by atomic mass is 9.97. The van der Waals surface area contributed by atoms with E-state index in [2.05, 4.69) is 0 Å². The largest absolute Gasteiger partial charge is 0.481 e. The summed E-state index contributed by atoms with van der Waals surface area (Å²) in [5.74, 6) is -0.495. The third kappa shape index (κ3) is 4.00. The molecule has 0 heterocycles. The highest BCUT2D eigenvalue weighted by Gasteiger charge is 2.22. The van der Waals surface area contributed by atoms with E-state index in [1.54, 1.807) is 18.9 Å². The fourth-order valence-electron chi connectivity index (χ4n) is 1.66. The lowest BCUT2D eigenvalue weighted by Gasteiger charge is -2.27. The van der Waals surface area contributed by atoms with E-state index in [4.69, 9.17) is 9.84 Å². The van der Waals surface area contributed by atoms with E-state index >= 15 is 0 Å². The van der Waals surface area contributed by atoms with Crippen LogP contribution in [0.25, 0.3) is 0 Å². The quantitative estimate of drug-likeness (QED) is 0.758. The molecular formula is C9H16O3S. The van der Waals surface area contributed by atoms with Gasteiger partial charge in [0.1, 0.15) is 0 Å². The van der Waals surface area contributed by atoms with E-state index < -0.39 is 5.97 Å². The predicted octanol–water partition coefficient (Wildman–Crippen LogP) is 1.76. The number of thioether (sulfide) groups is 1. The number of hydrogen-bond acceptors (Lipinski definition) is 3. The summed E-state index contributed by atoms with van der Waals surface area (Å²) in [6, 6.07) is 0. The molecule has 3 nitrogen and oxygen atoms in total. The molecule has 1 aliphatic rings. The molecule has 76 valence electrons. The molecule has 0 radical (unpaired) electrons. The zero-order valence-electron chi connectivity index (χ0n) is 7.86. The Morgan fingerprint density at radius 1 is 1.62 bits per heavy atom. The summed E-state index contributed by atoms with van der Waals surface area (Å²) in [6.07, 6.45) is 4.78. The Labute approximate surface area is 82.8 Å². The fourth-order valence-corrected chi connectivity index (χ4v) is 2.72. The van der Waals surface area contributed by atoms with E-state index in [-0.39, 0.29) is 5.75 Å². The minimum Gasteiger partial charge on any atom is -0.481 e. The van der Waals surface area contributed by atoms with Gasteiger partial charge in [-0.2, -0.15) is 0 Å². The van der Waals surface area contributed by atoms with E-state index in [1.165, 1.54) is 0 Å². The summed E-state index contributed by atoms with van der Waals surface area (Å²) in [6.45, 7) is 0. The van der Waals surface area contributed by atoms with Crippen molar-refractivity contribution >= 4 is 17.7 Å². The third-order valence-electron chi connectivity index (χ3n) is 2.35. The van der Waals surface area contributed by atoms with Gasteiger partial charge in [0.05, 0.1) is 11.9 Å². The molecule has 13 heavy (non-hydrogen) atoms. The van der Waals surface area contributed by atoms with E-state index in [9.17, 15) is 4.79 Å². The van der Waals surface area contributed by atoms with Gasteiger partial charge in [0, 0.05) is 12.4 Å². The predicted molar refractivity (Wildman–Crippen MR) is 53.1 cm³/mol. The molecule has 0 aromatic rings. The normalized spacial score (nSPS) is 28.7. The van der Waals surface area contributed by atoms with Crippen molar-refractivity contribution in [3.05, 3.63) is 0 Å². The third-order valence-corrected chi connectivity index (χ3v) is 3.67. The molecule has 4 heteroatoms. The second-order valence-electron chi connectivity index (χ2n) is 3.35. The Balaban J connectivity index is 2.21. The monoisotopic (exact) mass is 204 g/mol. The van der Waals surface area contributed by atoms with Crippen LogP contribution < -0.4 is 0 Å². The van der Waals surface area contributed by atoms with Crippen LogP contribution in [0.2, 0.25) is 0 Å². The van der Waals surface area contributed by atoms with Crippen molar-refractivity contribution in [2.45, 2.75) is 37.0 Å². The summed E-state index contributed by atoms with van der Waals surface area (Å²) >= 11 is 1.55. The Hall–Kier alpha value is -0.220. The first kappa shape index (κ1) is 10.9. The molecule has 0 aliphatic heterocycles. The van der Waals surface area contributed by atoms with Gasteiger partial charge in [-0.3, -0.25) is 4.79 Å². The van der Waals surface area contributed by atoms with Gasteiger partial charge in [-0.05, 0) is 25.7 Å². The van der Waals surface area contributed by atoms with Crippen molar-refractivity contribution in [2.24, 2.45) is 0 Å². The topological polar surface area (TPSA) is 46.5 Å². The van der Waals surface area contributed by atoms with Crippen molar-refractivity contribution < 1.29 is 14.6 Å². The second kappa shape index (κ2) is 5.50. The van der Waals surface area contributed by atoms with Gasteiger partial charge >= 0.3 is 5.97 Å². The summed E-state index contributed by atoms with van der Waals surface area (Å²) in [7, 11) is 1.73. The molecule has 1 N–H and O–H groups in total. The number of carbonyl (C=O) groups is 1. The van der Waals surface area contributed by atoms with Crippen LogP contribution in [0.5, 0.6) is 0 Å². The van der Waals surface area contributed by atoms with E-state index in [0.29, 0.717) is 11.4 Å². The van der Waals surface area contributed by atoms with Gasteiger partial charge in [-0.1, -0.05) is 0 Å². The average Bonchev–Trinajstić information content (AvgIpc) is 2.15. The molecule has 0 aromatic heterocycles. The van der Waals surface area contributed by atoms with Gasteiger partial charge in [0.2, 0.25) is 0 Å². The number of ether oxygens (including phenoxy) is 1. The highest BCUT2D eigenvalue weighted by molar-refractivity contribution is 8.00. The molecule has 2 atom stereocenters. The van der Waals surface area contributed by atoms with Crippen LogP contribution in [0, 0.1) is 0 Å². The van der Waals surface area contributed by atoms with Gasteiger partial charge in [-0.25, -0.2) is 0 Å². The maximum atomic E-state index is 10.3. The maximum Gasteiger partial charge on any atom is 0.313 e. The smallest absolute Gasteiger partial charge is 0.313 e. The second-order valence-corrected chi connectivity index (χ2v) is 4.64. The first-order valence-corrected chi connectivity index (χ1v) is 5.63. The average molecular weight is 204 g/mol. The first-order valence-electron chi connectivity index (χ1n) is 4.58. The minimum absolute atomic E-state index is 0.223. The fraction of sp³-hybridized carbons (Fsp3) is 0.889. The van der Waals surface area contributed by atoms with Crippen molar-refractivity contribution in [3.8, 4) is 0 Å². The van der Waals surface area contributed by atoms with Crippen LogP contribution in [0.4, 0.5) is 0 Å². The Kier molecular flexibility index (Phi) is 4.59. The van der Waals surface area contributed by atoms with Crippen LogP contribution in [0.15, 0.2) is 0 Å². The van der Waals surface area contributed by atoms with Crippen LogP contribution in [0.3, 0.4) is 0 Å². The summed E-state index contributed by atoms with van der Waals surface area (Å²) < 4.78 is 5.27. The minimum atomic E-state index is -0.718. The standard InChI is InChI=1S/C9H16O3S/c1-12-7-3-2-4-8(5-7)13-6-9(10)11/h7-8H,2-6H2,1H3,(H,10,11). The van der Waals surface area contributed by atoms with Crippen molar-refractivity contribution in [2.75, 3.05) is 12.9 Å². The van der Waals surface area contributed by atoms with Crippen LogP contribution >= 0.6 is 11.8 Å². The van der Waals surface area contributed by atoms with Crippen LogP contribution in [-0.2, 0) is 9.53 Å². The number of methoxy groups -OCH3 is 1. The van der Waals surface area contributed by atoms with Crippen LogP contribution in [-0.4, -0.2) is 35.3 Å². The molecule has 0 spiro atoms. The van der Waals surface area contributed by atoms with Gasteiger partial charge in [0.25, 0.3) is 0 Å². The maximum absolute atomic E-state index is 10.3. The zero-order chi connectivity index (χ0) is 9.68. The Morgan fingerprint density at radius 3 is 3.00 bits per heavy atom. The lowest BCUT2D eigenvalue weighted by molar-refractivity contribution is -0.133. The SMILES string of the molecule is COC1CCCC(SCC(=O)O)C1. The van der Waals surface area contributed by atoms with Crippen molar-refractivity contribution in [1.29, 1.82) is 0 Å². The number of aliphatic carboxylic acids is 1. The molecule has 1 rings (SSSR count). The van der Waals surface area contributed by atoms with E-state index in [1.807, 2.05) is 0 Å². The van der Waals surface area contributed by atoms with Gasteiger partial charge in [-0.15, -0.1) is 11.8 Å². The summed E-state index contributed by atoms with van der Waals surface area (Å²) in [5.41, 5.74) is 0. The zero-order valence-corrected chi connectivity index (χ0v) is 8.68. The van der Waals surface area contributed by atoms with Crippen molar-refractivity contribution in [3.63, 3.8) is 0 Å². The molecule has 2 unspecified atom stereocenters. The number of rotatable bonds is 4. The number of carboxylic acids is 1. The molecule has 0 aromatic carbocycles. The molecule has 1 saturated carbocycles. The van der Waals surface area contributed by atoms with Crippen LogP contribution in [0.1, 0.15) is 25.7 Å². The summed E-state index contributed by atoms with van der Waals surface area (Å²) in [4.78, 5) is 10.3. The number of carboxylic acid groups (broad SMARTS) is 1. The molecular weight excluding hydrogens is 188 g/mol. The highest BCUT2D eigenvalue weighted by atomic mass is 32.2. The molecule has 0 saturated heterocycles. The first-order chi connectivity index (χ1) is 6.22. The molecule has 0 amide bonds. The van der Waals surface area contributed by atoms with Crippen molar-refractivity contribution in [1.82, 2.24) is 0 Å². The van der Waals surface area contributed by atoms with Gasteiger partial charge in [0.15, 0.2) is 0 Å². The summed E-state index contributed by atoms with van der Waals surface area (Å²) in [5, 5.41) is 9.00. The van der Waals surface area contributed by atoms with Gasteiger partial charge < -0.3 is 9.84 Å². The lowest BCUT2D eigenvalue weighted by Crippen LogP contribution is -2.24. The highest BCUT2D eigenvalue weighted by Crippen LogP contribution is 2.29.